The lowest BCUT2D eigenvalue weighted by atomic mass is 10.1. The Labute approximate surface area is 88.6 Å². The smallest absolute Gasteiger partial charge is 0.251 e. The quantitative estimate of drug-likeness (QED) is 0.643. The van der Waals surface area contributed by atoms with Gasteiger partial charge in [-0.2, -0.15) is 0 Å². The maximum Gasteiger partial charge on any atom is 0.251 e. The van der Waals surface area contributed by atoms with Crippen molar-refractivity contribution in [3.63, 3.8) is 0 Å². The monoisotopic (exact) mass is 209 g/mol. The molecule has 0 spiro atoms. The van der Waals surface area contributed by atoms with Gasteiger partial charge in [-0.3, -0.25) is 4.79 Å². The van der Waals surface area contributed by atoms with Crippen molar-refractivity contribution in [2.75, 3.05) is 13.2 Å². The normalized spacial score (nSPS) is 10.0. The highest BCUT2D eigenvalue weighted by molar-refractivity contribution is 5.96. The van der Waals surface area contributed by atoms with Crippen molar-refractivity contribution in [3.8, 4) is 5.75 Å². The van der Waals surface area contributed by atoms with Gasteiger partial charge in [-0.15, -0.1) is 0 Å². The van der Waals surface area contributed by atoms with Crippen LogP contribution in [0.1, 0.15) is 22.3 Å². The van der Waals surface area contributed by atoms with Gasteiger partial charge in [0.2, 0.25) is 0 Å². The van der Waals surface area contributed by atoms with Gasteiger partial charge in [0.1, 0.15) is 5.75 Å². The molecule has 15 heavy (non-hydrogen) atoms. The van der Waals surface area contributed by atoms with Crippen LogP contribution in [0.5, 0.6) is 5.75 Å². The average molecular weight is 209 g/mol. The SMILES string of the molecule is Cc1c(O)cccc1C(=O)NCCCO. The van der Waals surface area contributed by atoms with E-state index >= 15 is 0 Å². The van der Waals surface area contributed by atoms with Gasteiger partial charge in [-0.25, -0.2) is 0 Å². The third-order valence-electron chi connectivity index (χ3n) is 2.17. The van der Waals surface area contributed by atoms with Crippen LogP contribution < -0.4 is 5.32 Å². The summed E-state index contributed by atoms with van der Waals surface area (Å²) in [5, 5.41) is 20.6. The number of rotatable bonds is 4. The van der Waals surface area contributed by atoms with Gasteiger partial charge < -0.3 is 15.5 Å². The molecule has 1 amide bonds. The summed E-state index contributed by atoms with van der Waals surface area (Å²) in [4.78, 5) is 11.6. The van der Waals surface area contributed by atoms with Crippen molar-refractivity contribution >= 4 is 5.91 Å². The largest absolute Gasteiger partial charge is 0.508 e. The van der Waals surface area contributed by atoms with Crippen LogP contribution in [0, 0.1) is 6.92 Å². The Balaban J connectivity index is 2.69. The first kappa shape index (κ1) is 11.5. The van der Waals surface area contributed by atoms with E-state index in [1.54, 1.807) is 25.1 Å². The number of amides is 1. The number of aliphatic hydroxyl groups is 1. The predicted molar refractivity (Wildman–Crippen MR) is 56.9 cm³/mol. The summed E-state index contributed by atoms with van der Waals surface area (Å²) in [6, 6.07) is 4.83. The van der Waals surface area contributed by atoms with E-state index in [0.29, 0.717) is 24.1 Å². The Bertz CT molecular complexity index is 350. The molecule has 4 nitrogen and oxygen atoms in total. The molecule has 0 saturated carbocycles. The van der Waals surface area contributed by atoms with Crippen molar-refractivity contribution in [3.05, 3.63) is 29.3 Å². The van der Waals surface area contributed by atoms with Gasteiger partial charge in [-0.1, -0.05) is 6.07 Å². The summed E-state index contributed by atoms with van der Waals surface area (Å²) in [5.41, 5.74) is 1.03. The second-order valence-electron chi connectivity index (χ2n) is 3.28. The van der Waals surface area contributed by atoms with E-state index < -0.39 is 0 Å². The topological polar surface area (TPSA) is 69.6 Å². The molecule has 0 atom stereocenters. The number of aromatic hydroxyl groups is 1. The fourth-order valence-corrected chi connectivity index (χ4v) is 1.25. The lowest BCUT2D eigenvalue weighted by molar-refractivity contribution is 0.0950. The molecule has 0 aliphatic heterocycles. The second kappa shape index (κ2) is 5.36. The van der Waals surface area contributed by atoms with Crippen LogP contribution in [0.15, 0.2) is 18.2 Å². The average Bonchev–Trinajstić information content (AvgIpc) is 2.22. The van der Waals surface area contributed by atoms with E-state index in [0.717, 1.165) is 0 Å². The molecule has 0 saturated heterocycles. The van der Waals surface area contributed by atoms with Gasteiger partial charge >= 0.3 is 0 Å². The molecule has 82 valence electrons. The van der Waals surface area contributed by atoms with Crippen molar-refractivity contribution < 1.29 is 15.0 Å². The van der Waals surface area contributed by atoms with E-state index in [-0.39, 0.29) is 18.3 Å². The molecule has 0 heterocycles. The first-order chi connectivity index (χ1) is 7.16. The third kappa shape index (κ3) is 2.95. The van der Waals surface area contributed by atoms with Crippen molar-refractivity contribution in [2.24, 2.45) is 0 Å². The summed E-state index contributed by atoms with van der Waals surface area (Å²) in [5.74, 6) is -0.110. The maximum atomic E-state index is 11.6. The lowest BCUT2D eigenvalue weighted by Crippen LogP contribution is -2.25. The zero-order valence-electron chi connectivity index (χ0n) is 8.66. The van der Waals surface area contributed by atoms with Crippen LogP contribution in [0.4, 0.5) is 0 Å². The first-order valence-electron chi connectivity index (χ1n) is 4.84. The number of hydrogen-bond acceptors (Lipinski definition) is 3. The van der Waals surface area contributed by atoms with E-state index in [2.05, 4.69) is 5.32 Å². The summed E-state index contributed by atoms with van der Waals surface area (Å²) < 4.78 is 0. The molecular weight excluding hydrogens is 194 g/mol. The molecule has 4 heteroatoms. The number of phenolic OH excluding ortho intramolecular Hbond substituents is 1. The number of nitrogens with one attached hydrogen (secondary N) is 1. The standard InChI is InChI=1S/C11H15NO3/c1-8-9(4-2-5-10(8)14)11(15)12-6-3-7-13/h2,4-5,13-14H,3,6-7H2,1H3,(H,12,15). The molecule has 1 rings (SSSR count). The molecule has 0 unspecified atom stereocenters. The van der Waals surface area contributed by atoms with Crippen LogP contribution in [-0.2, 0) is 0 Å². The number of carbonyl (C=O) groups excluding carboxylic acids is 1. The third-order valence-corrected chi connectivity index (χ3v) is 2.17. The highest BCUT2D eigenvalue weighted by atomic mass is 16.3. The summed E-state index contributed by atoms with van der Waals surface area (Å²) in [6.45, 7) is 2.18. The van der Waals surface area contributed by atoms with E-state index in [9.17, 15) is 9.90 Å². The van der Waals surface area contributed by atoms with E-state index in [1.807, 2.05) is 0 Å². The molecular formula is C11H15NO3. The van der Waals surface area contributed by atoms with Gasteiger partial charge in [-0.05, 0) is 25.5 Å². The molecule has 0 aromatic heterocycles. The van der Waals surface area contributed by atoms with E-state index in [4.69, 9.17) is 5.11 Å². The molecule has 1 aromatic rings. The lowest BCUT2D eigenvalue weighted by Gasteiger charge is -2.07. The van der Waals surface area contributed by atoms with Gasteiger partial charge in [0.25, 0.3) is 5.91 Å². The fourth-order valence-electron chi connectivity index (χ4n) is 1.25. The van der Waals surface area contributed by atoms with E-state index in [1.165, 1.54) is 0 Å². The molecule has 0 bridgehead atoms. The minimum Gasteiger partial charge on any atom is -0.508 e. The summed E-state index contributed by atoms with van der Waals surface area (Å²) >= 11 is 0. The van der Waals surface area contributed by atoms with Crippen LogP contribution in [0.2, 0.25) is 0 Å². The van der Waals surface area contributed by atoms with Crippen LogP contribution in [0.25, 0.3) is 0 Å². The molecule has 0 aliphatic rings. The van der Waals surface area contributed by atoms with Gasteiger partial charge in [0, 0.05) is 24.3 Å². The molecule has 1 aromatic carbocycles. The molecule has 3 N–H and O–H groups in total. The predicted octanol–water partition coefficient (Wildman–Crippen LogP) is 0.813. The number of aliphatic hydroxyl groups excluding tert-OH is 1. The Morgan fingerprint density at radius 2 is 2.20 bits per heavy atom. The zero-order chi connectivity index (χ0) is 11.3. The number of benzene rings is 1. The Morgan fingerprint density at radius 3 is 2.87 bits per heavy atom. The summed E-state index contributed by atoms with van der Waals surface area (Å²) in [6.07, 6.45) is 0.531. The fraction of sp³-hybridized carbons (Fsp3) is 0.364. The molecule has 0 fully saturated rings. The van der Waals surface area contributed by atoms with Crippen LogP contribution in [-0.4, -0.2) is 29.3 Å². The Hall–Kier alpha value is -1.55. The van der Waals surface area contributed by atoms with Crippen molar-refractivity contribution in [1.82, 2.24) is 5.32 Å². The number of hydrogen-bond donors (Lipinski definition) is 3. The maximum absolute atomic E-state index is 11.6. The minimum absolute atomic E-state index is 0.0549. The molecule has 0 aliphatic carbocycles. The van der Waals surface area contributed by atoms with Crippen LogP contribution >= 0.6 is 0 Å². The Kier molecular flexibility index (Phi) is 4.12. The van der Waals surface area contributed by atoms with Crippen molar-refractivity contribution in [2.45, 2.75) is 13.3 Å². The van der Waals surface area contributed by atoms with Gasteiger partial charge in [0.15, 0.2) is 0 Å². The highest BCUT2D eigenvalue weighted by Crippen LogP contribution is 2.19. The van der Waals surface area contributed by atoms with Crippen LogP contribution in [0.3, 0.4) is 0 Å². The number of phenols is 1. The Morgan fingerprint density at radius 1 is 1.47 bits per heavy atom. The molecule has 0 radical (unpaired) electrons. The minimum atomic E-state index is -0.225. The van der Waals surface area contributed by atoms with Gasteiger partial charge in [0.05, 0.1) is 0 Å². The highest BCUT2D eigenvalue weighted by Gasteiger charge is 2.09. The summed E-state index contributed by atoms with van der Waals surface area (Å²) in [7, 11) is 0. The second-order valence-corrected chi connectivity index (χ2v) is 3.28. The zero-order valence-corrected chi connectivity index (χ0v) is 8.66. The number of carbonyl (C=O) groups is 1. The first-order valence-corrected chi connectivity index (χ1v) is 4.84. The van der Waals surface area contributed by atoms with Crippen molar-refractivity contribution in [1.29, 1.82) is 0 Å².